The Morgan fingerprint density at radius 3 is 2.66 bits per heavy atom. The molecule has 170 valence electrons. The summed E-state index contributed by atoms with van der Waals surface area (Å²) < 4.78 is 5.53. The van der Waals surface area contributed by atoms with Gasteiger partial charge in [-0.15, -0.1) is 35.3 Å². The van der Waals surface area contributed by atoms with Crippen molar-refractivity contribution in [1.29, 1.82) is 0 Å². The molecule has 8 nitrogen and oxygen atoms in total. The Bertz CT molecular complexity index is 1000. The summed E-state index contributed by atoms with van der Waals surface area (Å²) in [7, 11) is 0. The van der Waals surface area contributed by atoms with Crippen molar-refractivity contribution in [1.82, 2.24) is 20.5 Å². The molecule has 2 N–H and O–H groups in total. The SMILES string of the molecule is CCNC(=NCc1coc(-c2cccs2)n1)NCCN1C(=O)C2C3C=CC(C3)C2C1=O.I. The van der Waals surface area contributed by atoms with Gasteiger partial charge < -0.3 is 15.1 Å². The highest BCUT2D eigenvalue weighted by Crippen LogP contribution is 2.52. The molecule has 0 spiro atoms. The number of nitrogens with one attached hydrogen (secondary N) is 2. The molecular formula is C22H26IN5O3S. The number of halogens is 1. The lowest BCUT2D eigenvalue weighted by Gasteiger charge is -2.18. The molecular weight excluding hydrogens is 541 g/mol. The van der Waals surface area contributed by atoms with E-state index in [1.165, 1.54) is 4.90 Å². The molecule has 2 aliphatic carbocycles. The predicted molar refractivity (Wildman–Crippen MR) is 132 cm³/mol. The van der Waals surface area contributed by atoms with Crippen LogP contribution in [0.3, 0.4) is 0 Å². The van der Waals surface area contributed by atoms with Crippen molar-refractivity contribution in [2.75, 3.05) is 19.6 Å². The molecule has 1 saturated carbocycles. The van der Waals surface area contributed by atoms with Gasteiger partial charge in [0, 0.05) is 19.6 Å². The number of imide groups is 1. The molecule has 2 aromatic rings. The summed E-state index contributed by atoms with van der Waals surface area (Å²) in [5, 5.41) is 8.38. The topological polar surface area (TPSA) is 99.8 Å². The summed E-state index contributed by atoms with van der Waals surface area (Å²) in [5.74, 6) is 1.37. The minimum atomic E-state index is -0.144. The van der Waals surface area contributed by atoms with E-state index in [9.17, 15) is 9.59 Å². The molecule has 32 heavy (non-hydrogen) atoms. The van der Waals surface area contributed by atoms with E-state index in [-0.39, 0.29) is 59.5 Å². The molecule has 2 fully saturated rings. The third-order valence-electron chi connectivity index (χ3n) is 6.22. The molecule has 0 aromatic carbocycles. The van der Waals surface area contributed by atoms with Crippen molar-refractivity contribution in [3.8, 4) is 10.8 Å². The second kappa shape index (κ2) is 9.74. The Morgan fingerprint density at radius 2 is 2.00 bits per heavy atom. The first-order valence-corrected chi connectivity index (χ1v) is 11.6. The number of rotatable bonds is 7. The lowest BCUT2D eigenvalue weighted by atomic mass is 9.85. The number of carbonyl (C=O) groups excluding carboxylic acids is 2. The van der Waals surface area contributed by atoms with Gasteiger partial charge >= 0.3 is 0 Å². The Morgan fingerprint density at radius 1 is 1.25 bits per heavy atom. The quantitative estimate of drug-likeness (QED) is 0.176. The first-order valence-electron chi connectivity index (χ1n) is 10.7. The second-order valence-electron chi connectivity index (χ2n) is 8.07. The summed E-state index contributed by atoms with van der Waals surface area (Å²) in [6.07, 6.45) is 6.79. The molecule has 0 radical (unpaired) electrons. The summed E-state index contributed by atoms with van der Waals surface area (Å²) >= 11 is 1.58. The van der Waals surface area contributed by atoms with Gasteiger partial charge in [-0.1, -0.05) is 18.2 Å². The number of fused-ring (bicyclic) bond motifs is 5. The molecule has 4 unspecified atom stereocenters. The van der Waals surface area contributed by atoms with Crippen LogP contribution in [0.4, 0.5) is 0 Å². The number of allylic oxidation sites excluding steroid dienone is 2. The van der Waals surface area contributed by atoms with Crippen LogP contribution in [0.5, 0.6) is 0 Å². The van der Waals surface area contributed by atoms with Crippen molar-refractivity contribution in [3.63, 3.8) is 0 Å². The highest BCUT2D eigenvalue weighted by atomic mass is 127. The fraction of sp³-hybridized carbons (Fsp3) is 0.455. The largest absolute Gasteiger partial charge is 0.443 e. The molecule has 2 amide bonds. The Kier molecular flexibility index (Phi) is 6.99. The fourth-order valence-corrected chi connectivity index (χ4v) is 5.52. The number of aromatic nitrogens is 1. The predicted octanol–water partition coefficient (Wildman–Crippen LogP) is 2.88. The Labute approximate surface area is 207 Å². The number of likely N-dealkylation sites (tertiary alicyclic amines) is 1. The van der Waals surface area contributed by atoms with Gasteiger partial charge in [0.1, 0.15) is 12.0 Å². The Hall–Kier alpha value is -2.21. The van der Waals surface area contributed by atoms with Gasteiger partial charge in [-0.2, -0.15) is 0 Å². The third-order valence-corrected chi connectivity index (χ3v) is 7.07. The molecule has 1 aliphatic heterocycles. The average molecular weight is 567 g/mol. The zero-order chi connectivity index (χ0) is 21.4. The van der Waals surface area contributed by atoms with Gasteiger partial charge in [0.25, 0.3) is 0 Å². The summed E-state index contributed by atoms with van der Waals surface area (Å²) in [4.78, 5) is 37.0. The van der Waals surface area contributed by atoms with Gasteiger partial charge in [0.05, 0.1) is 23.3 Å². The number of guanidine groups is 1. The minimum Gasteiger partial charge on any atom is -0.443 e. The van der Waals surface area contributed by atoms with Crippen molar-refractivity contribution < 1.29 is 14.0 Å². The summed E-state index contributed by atoms with van der Waals surface area (Å²) in [6.45, 7) is 3.85. The van der Waals surface area contributed by atoms with Crippen molar-refractivity contribution in [3.05, 3.63) is 41.6 Å². The smallest absolute Gasteiger partial charge is 0.236 e. The number of nitrogens with zero attached hydrogens (tertiary/aromatic N) is 3. The number of hydrogen-bond acceptors (Lipinski definition) is 6. The van der Waals surface area contributed by atoms with Crippen molar-refractivity contribution in [2.45, 2.75) is 19.9 Å². The number of oxazole rings is 1. The number of thiophene rings is 1. The van der Waals surface area contributed by atoms with Crippen LogP contribution >= 0.6 is 35.3 Å². The van der Waals surface area contributed by atoms with Crippen LogP contribution in [0.2, 0.25) is 0 Å². The molecule has 3 aliphatic rings. The van der Waals surface area contributed by atoms with E-state index in [0.29, 0.717) is 38.0 Å². The number of aliphatic imine (C=N–C) groups is 1. The minimum absolute atomic E-state index is 0. The van der Waals surface area contributed by atoms with E-state index < -0.39 is 0 Å². The van der Waals surface area contributed by atoms with E-state index in [2.05, 4.69) is 32.8 Å². The standard InChI is InChI=1S/C22H25N5O3S.HI/c1-2-23-22(25-11-15-12-30-19(26-15)16-4-3-9-31-16)24-7-8-27-20(28)17-13-5-6-14(10-13)18(17)21(27)29;/h3-6,9,12-14,17-18H,2,7-8,10-11H2,1H3,(H2,23,24,25);1H. The van der Waals surface area contributed by atoms with Gasteiger partial charge in [-0.3, -0.25) is 14.5 Å². The lowest BCUT2D eigenvalue weighted by molar-refractivity contribution is -0.140. The third kappa shape index (κ3) is 4.21. The first-order chi connectivity index (χ1) is 15.2. The van der Waals surface area contributed by atoms with Gasteiger partial charge in [-0.05, 0) is 36.6 Å². The van der Waals surface area contributed by atoms with E-state index in [0.717, 1.165) is 17.0 Å². The molecule has 4 atom stereocenters. The van der Waals surface area contributed by atoms with Crippen molar-refractivity contribution >= 4 is 53.1 Å². The monoisotopic (exact) mass is 567 g/mol. The second-order valence-corrected chi connectivity index (χ2v) is 9.02. The molecule has 2 bridgehead atoms. The maximum Gasteiger partial charge on any atom is 0.236 e. The molecule has 1 saturated heterocycles. The van der Waals surface area contributed by atoms with E-state index in [1.807, 2.05) is 24.4 Å². The van der Waals surface area contributed by atoms with E-state index >= 15 is 0 Å². The van der Waals surface area contributed by atoms with Gasteiger partial charge in [0.2, 0.25) is 17.7 Å². The molecule has 2 aromatic heterocycles. The average Bonchev–Trinajstić information content (AvgIpc) is 3.58. The van der Waals surface area contributed by atoms with Crippen LogP contribution in [0.25, 0.3) is 10.8 Å². The van der Waals surface area contributed by atoms with Crippen LogP contribution in [0.15, 0.2) is 45.3 Å². The number of hydrogen-bond donors (Lipinski definition) is 2. The lowest BCUT2D eigenvalue weighted by Crippen LogP contribution is -2.43. The van der Waals surface area contributed by atoms with Crippen LogP contribution in [-0.4, -0.2) is 47.3 Å². The van der Waals surface area contributed by atoms with Crippen LogP contribution < -0.4 is 10.6 Å². The fourth-order valence-electron chi connectivity index (χ4n) is 4.87. The maximum atomic E-state index is 12.8. The highest BCUT2D eigenvalue weighted by molar-refractivity contribution is 14.0. The highest BCUT2D eigenvalue weighted by Gasteiger charge is 2.58. The van der Waals surface area contributed by atoms with Crippen LogP contribution in [0.1, 0.15) is 19.0 Å². The molecule has 5 rings (SSSR count). The summed E-state index contributed by atoms with van der Waals surface area (Å²) in [5.41, 5.74) is 0.737. The number of amides is 2. The van der Waals surface area contributed by atoms with E-state index in [1.54, 1.807) is 17.6 Å². The summed E-state index contributed by atoms with van der Waals surface area (Å²) in [6, 6.07) is 3.92. The van der Waals surface area contributed by atoms with Gasteiger partial charge in [-0.25, -0.2) is 9.98 Å². The van der Waals surface area contributed by atoms with Gasteiger partial charge in [0.15, 0.2) is 5.96 Å². The zero-order valence-electron chi connectivity index (χ0n) is 17.7. The first kappa shape index (κ1) is 23.0. The van der Waals surface area contributed by atoms with Crippen molar-refractivity contribution in [2.24, 2.45) is 28.7 Å². The molecule has 3 heterocycles. The maximum absolute atomic E-state index is 12.8. The molecule has 10 heteroatoms. The van der Waals surface area contributed by atoms with Crippen LogP contribution in [-0.2, 0) is 16.1 Å². The zero-order valence-corrected chi connectivity index (χ0v) is 20.8. The number of carbonyl (C=O) groups is 2. The van der Waals surface area contributed by atoms with Crippen LogP contribution in [0, 0.1) is 23.7 Å². The Balaban J connectivity index is 0.00000245. The van der Waals surface area contributed by atoms with E-state index in [4.69, 9.17) is 4.42 Å². The normalized spacial score (nSPS) is 25.9.